The third-order valence-corrected chi connectivity index (χ3v) is 4.54. The molecule has 6 nitrogen and oxygen atoms in total. The number of nitrogens with one attached hydrogen (secondary N) is 2. The zero-order valence-electron chi connectivity index (χ0n) is 17.2. The van der Waals surface area contributed by atoms with Gasteiger partial charge in [0.25, 0.3) is 0 Å². The summed E-state index contributed by atoms with van der Waals surface area (Å²) in [7, 11) is 1.75. The van der Waals surface area contributed by atoms with Crippen molar-refractivity contribution in [3.05, 3.63) is 88.6 Å². The van der Waals surface area contributed by atoms with Crippen molar-refractivity contribution in [2.24, 2.45) is 4.99 Å². The molecule has 29 heavy (non-hydrogen) atoms. The molecule has 0 unspecified atom stereocenters. The van der Waals surface area contributed by atoms with Crippen LogP contribution in [0.15, 0.2) is 64.0 Å². The van der Waals surface area contributed by atoms with Crippen LogP contribution < -0.4 is 10.6 Å². The van der Waals surface area contributed by atoms with Crippen LogP contribution in [0.2, 0.25) is 0 Å². The maximum absolute atomic E-state index is 5.83. The lowest BCUT2D eigenvalue weighted by Crippen LogP contribution is -2.36. The van der Waals surface area contributed by atoms with Crippen LogP contribution in [0, 0.1) is 13.8 Å². The van der Waals surface area contributed by atoms with Gasteiger partial charge in [0.15, 0.2) is 5.96 Å². The van der Waals surface area contributed by atoms with E-state index >= 15 is 0 Å². The third-order valence-electron chi connectivity index (χ3n) is 4.54. The number of aliphatic imine (C=N–C) groups is 1. The maximum atomic E-state index is 5.83. The van der Waals surface area contributed by atoms with E-state index in [1.54, 1.807) is 7.05 Å². The minimum atomic E-state index is 0.488. The minimum Gasteiger partial charge on any atom is -0.444 e. The highest BCUT2D eigenvalue weighted by atomic mass is 16.5. The molecule has 6 heteroatoms. The topological polar surface area (TPSA) is 71.7 Å². The summed E-state index contributed by atoms with van der Waals surface area (Å²) in [5, 5.41) is 6.54. The molecule has 0 aliphatic carbocycles. The van der Waals surface area contributed by atoms with Crippen molar-refractivity contribution < 1.29 is 9.15 Å². The molecule has 0 spiro atoms. The molecule has 0 atom stereocenters. The van der Waals surface area contributed by atoms with E-state index in [2.05, 4.69) is 50.9 Å². The highest BCUT2D eigenvalue weighted by Gasteiger charge is 2.06. The Morgan fingerprint density at radius 1 is 0.931 bits per heavy atom. The van der Waals surface area contributed by atoms with E-state index in [1.165, 1.54) is 5.56 Å². The van der Waals surface area contributed by atoms with Gasteiger partial charge >= 0.3 is 0 Å². The largest absolute Gasteiger partial charge is 0.444 e. The van der Waals surface area contributed by atoms with Crippen LogP contribution in [0.25, 0.3) is 0 Å². The first kappa shape index (κ1) is 20.6. The monoisotopic (exact) mass is 392 g/mol. The Morgan fingerprint density at radius 2 is 1.62 bits per heavy atom. The molecule has 0 fully saturated rings. The lowest BCUT2D eigenvalue weighted by atomic mass is 10.1. The SMILES string of the molecule is CN=C(NCc1cccc(COCc2ccccc2)c1)NCc1nc(C)c(C)o1. The molecule has 0 saturated heterocycles. The molecule has 0 aliphatic rings. The summed E-state index contributed by atoms with van der Waals surface area (Å²) < 4.78 is 11.4. The molecule has 2 aromatic carbocycles. The quantitative estimate of drug-likeness (QED) is 0.450. The Labute approximate surface area is 172 Å². The number of rotatable bonds is 8. The van der Waals surface area contributed by atoms with Crippen molar-refractivity contribution in [3.63, 3.8) is 0 Å². The number of aromatic nitrogens is 1. The van der Waals surface area contributed by atoms with E-state index in [0.717, 1.165) is 22.6 Å². The zero-order valence-corrected chi connectivity index (χ0v) is 17.2. The Hall–Kier alpha value is -3.12. The number of oxazole rings is 1. The van der Waals surface area contributed by atoms with Crippen LogP contribution in [-0.2, 0) is 31.0 Å². The Bertz CT molecular complexity index is 916. The van der Waals surface area contributed by atoms with Crippen molar-refractivity contribution in [1.29, 1.82) is 0 Å². The molecule has 0 aliphatic heterocycles. The van der Waals surface area contributed by atoms with Crippen LogP contribution >= 0.6 is 0 Å². The van der Waals surface area contributed by atoms with Crippen LogP contribution in [0.4, 0.5) is 0 Å². The summed E-state index contributed by atoms with van der Waals surface area (Å²) in [4.78, 5) is 8.62. The normalized spacial score (nSPS) is 11.5. The Morgan fingerprint density at radius 3 is 2.34 bits per heavy atom. The second kappa shape index (κ2) is 10.4. The number of benzene rings is 2. The molecule has 0 radical (unpaired) electrons. The summed E-state index contributed by atoms with van der Waals surface area (Å²) in [6.45, 7) is 6.19. The van der Waals surface area contributed by atoms with Gasteiger partial charge in [-0.3, -0.25) is 4.99 Å². The van der Waals surface area contributed by atoms with Gasteiger partial charge in [-0.15, -0.1) is 0 Å². The lowest BCUT2D eigenvalue weighted by Gasteiger charge is -2.12. The second-order valence-corrected chi connectivity index (χ2v) is 6.83. The summed E-state index contributed by atoms with van der Waals surface area (Å²) in [6.07, 6.45) is 0. The number of hydrogen-bond donors (Lipinski definition) is 2. The average Bonchev–Trinajstić information content (AvgIpc) is 3.06. The first-order chi connectivity index (χ1) is 14.1. The summed E-state index contributed by atoms with van der Waals surface area (Å²) in [5.41, 5.74) is 4.40. The van der Waals surface area contributed by atoms with Crippen molar-refractivity contribution in [2.75, 3.05) is 7.05 Å². The Balaban J connectivity index is 1.46. The van der Waals surface area contributed by atoms with Crippen LogP contribution in [-0.4, -0.2) is 18.0 Å². The summed E-state index contributed by atoms with van der Waals surface area (Å²) in [6, 6.07) is 18.6. The molecule has 3 aromatic rings. The molecular weight excluding hydrogens is 364 g/mol. The van der Waals surface area contributed by atoms with E-state index in [4.69, 9.17) is 9.15 Å². The first-order valence-electron chi connectivity index (χ1n) is 9.71. The van der Waals surface area contributed by atoms with Gasteiger partial charge in [-0.25, -0.2) is 4.98 Å². The molecule has 0 saturated carbocycles. The van der Waals surface area contributed by atoms with Gasteiger partial charge in [0.05, 0.1) is 25.5 Å². The number of ether oxygens (including phenoxy) is 1. The number of guanidine groups is 1. The summed E-state index contributed by atoms with van der Waals surface area (Å²) in [5.74, 6) is 2.20. The predicted octanol–water partition coefficient (Wildman–Crippen LogP) is 3.87. The van der Waals surface area contributed by atoms with Crippen molar-refractivity contribution >= 4 is 5.96 Å². The lowest BCUT2D eigenvalue weighted by molar-refractivity contribution is 0.107. The van der Waals surface area contributed by atoms with E-state index < -0.39 is 0 Å². The molecular formula is C23H28N4O2. The van der Waals surface area contributed by atoms with Gasteiger partial charge in [0.1, 0.15) is 5.76 Å². The fraction of sp³-hybridized carbons (Fsp3) is 0.304. The molecule has 1 aromatic heterocycles. The zero-order chi connectivity index (χ0) is 20.5. The smallest absolute Gasteiger partial charge is 0.214 e. The summed E-state index contributed by atoms with van der Waals surface area (Å²) >= 11 is 0. The fourth-order valence-corrected chi connectivity index (χ4v) is 2.87. The predicted molar refractivity (Wildman–Crippen MR) is 114 cm³/mol. The average molecular weight is 393 g/mol. The van der Waals surface area contributed by atoms with Crippen molar-refractivity contribution in [3.8, 4) is 0 Å². The van der Waals surface area contributed by atoms with Gasteiger partial charge in [-0.05, 0) is 30.5 Å². The molecule has 0 amide bonds. The number of hydrogen-bond acceptors (Lipinski definition) is 4. The van der Waals surface area contributed by atoms with E-state index in [-0.39, 0.29) is 0 Å². The minimum absolute atomic E-state index is 0.488. The van der Waals surface area contributed by atoms with Gasteiger partial charge in [0, 0.05) is 13.6 Å². The van der Waals surface area contributed by atoms with Gasteiger partial charge in [0.2, 0.25) is 5.89 Å². The van der Waals surface area contributed by atoms with E-state index in [0.29, 0.717) is 38.2 Å². The van der Waals surface area contributed by atoms with Crippen molar-refractivity contribution in [2.45, 2.75) is 40.2 Å². The second-order valence-electron chi connectivity index (χ2n) is 6.83. The van der Waals surface area contributed by atoms with Gasteiger partial charge in [-0.2, -0.15) is 0 Å². The van der Waals surface area contributed by atoms with Crippen LogP contribution in [0.3, 0.4) is 0 Å². The Kier molecular flexibility index (Phi) is 7.41. The van der Waals surface area contributed by atoms with Crippen LogP contribution in [0.5, 0.6) is 0 Å². The fourth-order valence-electron chi connectivity index (χ4n) is 2.87. The highest BCUT2D eigenvalue weighted by molar-refractivity contribution is 5.79. The van der Waals surface area contributed by atoms with Crippen molar-refractivity contribution in [1.82, 2.24) is 15.6 Å². The molecule has 3 rings (SSSR count). The van der Waals surface area contributed by atoms with E-state index in [1.807, 2.05) is 38.1 Å². The van der Waals surface area contributed by atoms with E-state index in [9.17, 15) is 0 Å². The standard InChI is InChI=1S/C23H28N4O2/c1-17-18(2)29-22(27-17)14-26-23(24-3)25-13-20-10-7-11-21(12-20)16-28-15-19-8-5-4-6-9-19/h4-12H,13-16H2,1-3H3,(H2,24,25,26). The molecule has 152 valence electrons. The first-order valence-corrected chi connectivity index (χ1v) is 9.71. The highest BCUT2D eigenvalue weighted by Crippen LogP contribution is 2.10. The maximum Gasteiger partial charge on any atom is 0.214 e. The van der Waals surface area contributed by atoms with Gasteiger partial charge in [-0.1, -0.05) is 54.6 Å². The molecule has 0 bridgehead atoms. The van der Waals surface area contributed by atoms with Crippen LogP contribution in [0.1, 0.15) is 34.0 Å². The molecule has 1 heterocycles. The third kappa shape index (κ3) is 6.47. The number of nitrogens with zero attached hydrogens (tertiary/aromatic N) is 2. The molecule has 2 N–H and O–H groups in total. The number of aryl methyl sites for hydroxylation is 2. The van der Waals surface area contributed by atoms with Gasteiger partial charge < -0.3 is 19.8 Å².